The lowest BCUT2D eigenvalue weighted by molar-refractivity contribution is -0.109. The number of aromatic nitrogens is 4. The molecule has 37 heavy (non-hydrogen) atoms. The van der Waals surface area contributed by atoms with Crippen molar-refractivity contribution >= 4 is 29.3 Å². The minimum Gasteiger partial charge on any atom is -0.481 e. The largest absolute Gasteiger partial charge is 0.481 e. The van der Waals surface area contributed by atoms with Crippen LogP contribution in [0.4, 0.5) is 0 Å². The molecule has 1 amide bonds. The zero-order chi connectivity index (χ0) is 25.9. The van der Waals surface area contributed by atoms with Crippen molar-refractivity contribution < 1.29 is 9.53 Å². The molecule has 2 N–H and O–H groups in total. The smallest absolute Gasteiger partial charge is 0.212 e. The molecule has 0 spiro atoms. The summed E-state index contributed by atoms with van der Waals surface area (Å²) in [5, 5.41) is 17.0. The van der Waals surface area contributed by atoms with Crippen molar-refractivity contribution in [2.45, 2.75) is 45.8 Å². The Bertz CT molecular complexity index is 1400. The van der Waals surface area contributed by atoms with E-state index in [0.717, 1.165) is 34.2 Å². The van der Waals surface area contributed by atoms with Gasteiger partial charge in [0.25, 0.3) is 0 Å². The van der Waals surface area contributed by atoms with Crippen molar-refractivity contribution in [1.29, 1.82) is 0 Å². The number of nitrogens with zero attached hydrogens (tertiary/aromatic N) is 4. The molecule has 4 aromatic rings. The van der Waals surface area contributed by atoms with E-state index in [1.165, 1.54) is 27.4 Å². The molecule has 192 valence electrons. The zero-order valence-corrected chi connectivity index (χ0v) is 22.6. The number of pyridine rings is 1. The number of nitrogens with one attached hydrogen (secondary N) is 2. The van der Waals surface area contributed by atoms with E-state index in [1.807, 2.05) is 36.5 Å². The second kappa shape index (κ2) is 11.0. The fourth-order valence-electron chi connectivity index (χ4n) is 4.95. The van der Waals surface area contributed by atoms with Gasteiger partial charge in [0.2, 0.25) is 12.3 Å². The molecule has 8 nitrogen and oxygen atoms in total. The summed E-state index contributed by atoms with van der Waals surface area (Å²) in [5.41, 5.74) is 4.97. The molecule has 4 heterocycles. The van der Waals surface area contributed by atoms with E-state index >= 15 is 0 Å². The lowest BCUT2D eigenvalue weighted by Crippen LogP contribution is -2.22. The summed E-state index contributed by atoms with van der Waals surface area (Å²) in [4.78, 5) is 15.4. The van der Waals surface area contributed by atoms with E-state index in [1.54, 1.807) is 19.4 Å². The standard InChI is InChI=1S/C19H19ClN4S.C8H10N2O2/c1-10-7-13-15(8-10)25-19-17(13)18(12-5-3-4-6-14(12)20)21-9-16-23-22-11(2)24(16)19;1-12-8-3-2-7(5-10-8)4-9-6-11/h3-6,10,18,21H,7-9H2,1-2H3;2-3,5-6H,4H2,1H3,(H,9,11)/t10?,18-;/m0./s1. The van der Waals surface area contributed by atoms with Crippen LogP contribution < -0.4 is 15.4 Å². The first-order valence-electron chi connectivity index (χ1n) is 12.2. The third-order valence-electron chi connectivity index (χ3n) is 6.66. The topological polar surface area (TPSA) is 94.0 Å². The van der Waals surface area contributed by atoms with Crippen LogP contribution in [0.15, 0.2) is 42.6 Å². The third kappa shape index (κ3) is 5.12. The van der Waals surface area contributed by atoms with Gasteiger partial charge in [-0.1, -0.05) is 42.8 Å². The van der Waals surface area contributed by atoms with Crippen LogP contribution in [-0.2, 0) is 30.7 Å². The number of benzene rings is 1. The second-order valence-electron chi connectivity index (χ2n) is 9.28. The Morgan fingerprint density at radius 2 is 2.08 bits per heavy atom. The Morgan fingerprint density at radius 3 is 2.81 bits per heavy atom. The highest BCUT2D eigenvalue weighted by molar-refractivity contribution is 7.15. The van der Waals surface area contributed by atoms with E-state index in [-0.39, 0.29) is 6.04 Å². The molecule has 10 heteroatoms. The van der Waals surface area contributed by atoms with Gasteiger partial charge >= 0.3 is 0 Å². The van der Waals surface area contributed by atoms with Crippen LogP contribution in [0.3, 0.4) is 0 Å². The van der Waals surface area contributed by atoms with Crippen LogP contribution in [-0.4, -0.2) is 33.3 Å². The highest BCUT2D eigenvalue weighted by Gasteiger charge is 2.35. The Morgan fingerprint density at radius 1 is 1.24 bits per heavy atom. The number of rotatable bonds is 5. The van der Waals surface area contributed by atoms with Crippen molar-refractivity contribution in [1.82, 2.24) is 30.4 Å². The summed E-state index contributed by atoms with van der Waals surface area (Å²) >= 11 is 8.48. The highest BCUT2D eigenvalue weighted by atomic mass is 35.5. The van der Waals surface area contributed by atoms with E-state index < -0.39 is 0 Å². The number of thiophene rings is 1. The van der Waals surface area contributed by atoms with Gasteiger partial charge in [0.05, 0.1) is 19.7 Å². The first-order chi connectivity index (χ1) is 18.0. The SMILES string of the molecule is COc1ccc(CNC=O)cn1.Cc1nnc2n1-c1sc3c(c1[C@H](c1ccccc1Cl)NC2)CC(C)C3. The molecule has 6 rings (SSSR count). The molecule has 0 saturated carbocycles. The van der Waals surface area contributed by atoms with Gasteiger partial charge in [-0.25, -0.2) is 4.98 Å². The van der Waals surface area contributed by atoms with Crippen LogP contribution in [0.25, 0.3) is 5.00 Å². The van der Waals surface area contributed by atoms with E-state index in [2.05, 4.69) is 49.4 Å². The number of amides is 1. The molecule has 0 radical (unpaired) electrons. The normalized spacial score (nSPS) is 17.5. The fourth-order valence-corrected chi connectivity index (χ4v) is 6.80. The molecule has 1 aromatic carbocycles. The van der Waals surface area contributed by atoms with Gasteiger partial charge in [0, 0.05) is 34.3 Å². The lowest BCUT2D eigenvalue weighted by Gasteiger charge is -2.20. The maximum atomic E-state index is 9.95. The van der Waals surface area contributed by atoms with Crippen molar-refractivity contribution in [2.24, 2.45) is 5.92 Å². The summed E-state index contributed by atoms with van der Waals surface area (Å²) in [6.07, 6.45) is 4.62. The molecule has 1 aliphatic heterocycles. The van der Waals surface area contributed by atoms with Crippen molar-refractivity contribution in [3.8, 4) is 10.9 Å². The lowest BCUT2D eigenvalue weighted by atomic mass is 9.95. The van der Waals surface area contributed by atoms with Crippen molar-refractivity contribution in [3.63, 3.8) is 0 Å². The molecule has 0 bridgehead atoms. The quantitative estimate of drug-likeness (QED) is 0.363. The second-order valence-corrected chi connectivity index (χ2v) is 10.8. The number of ether oxygens (including phenoxy) is 1. The van der Waals surface area contributed by atoms with Crippen LogP contribution in [0, 0.1) is 12.8 Å². The maximum absolute atomic E-state index is 9.95. The van der Waals surface area contributed by atoms with Gasteiger partial charge < -0.3 is 10.1 Å². The van der Waals surface area contributed by atoms with Gasteiger partial charge in [-0.3, -0.25) is 14.7 Å². The first-order valence-corrected chi connectivity index (χ1v) is 13.4. The molecule has 1 unspecified atom stereocenters. The molecular formula is C27H29ClN6O2S. The predicted molar refractivity (Wildman–Crippen MR) is 144 cm³/mol. The number of carbonyl (C=O) groups excluding carboxylic acids is 1. The molecular weight excluding hydrogens is 508 g/mol. The Labute approximate surface area is 225 Å². The van der Waals surface area contributed by atoms with Crippen molar-refractivity contribution in [3.05, 3.63) is 86.4 Å². The average molecular weight is 537 g/mol. The number of aryl methyl sites for hydroxylation is 1. The first kappa shape index (κ1) is 25.4. The monoisotopic (exact) mass is 536 g/mol. The Hall–Kier alpha value is -3.27. The Balaban J connectivity index is 0.000000198. The molecule has 0 saturated heterocycles. The molecule has 3 aromatic heterocycles. The van der Waals surface area contributed by atoms with E-state index in [0.29, 0.717) is 31.3 Å². The van der Waals surface area contributed by atoms with Crippen LogP contribution >= 0.6 is 22.9 Å². The molecule has 0 fully saturated rings. The summed E-state index contributed by atoms with van der Waals surface area (Å²) in [5.74, 6) is 3.21. The predicted octanol–water partition coefficient (Wildman–Crippen LogP) is 4.55. The summed E-state index contributed by atoms with van der Waals surface area (Å²) < 4.78 is 7.10. The van der Waals surface area contributed by atoms with Crippen LogP contribution in [0.1, 0.15) is 51.7 Å². The van der Waals surface area contributed by atoms with E-state index in [4.69, 9.17) is 16.3 Å². The summed E-state index contributed by atoms with van der Waals surface area (Å²) in [6.45, 7) is 5.55. The number of hydrogen-bond donors (Lipinski definition) is 2. The minimum absolute atomic E-state index is 0.0927. The third-order valence-corrected chi connectivity index (χ3v) is 8.26. The minimum atomic E-state index is 0.0927. The average Bonchev–Trinajstić information content (AvgIpc) is 3.52. The van der Waals surface area contributed by atoms with Crippen LogP contribution in [0.5, 0.6) is 5.88 Å². The van der Waals surface area contributed by atoms with Gasteiger partial charge in [-0.05, 0) is 48.4 Å². The highest BCUT2D eigenvalue weighted by Crippen LogP contribution is 2.46. The molecule has 2 aliphatic rings. The molecule has 2 atom stereocenters. The van der Waals surface area contributed by atoms with Gasteiger partial charge in [0.15, 0.2) is 5.82 Å². The number of methoxy groups -OCH3 is 1. The number of halogens is 1. The van der Waals surface area contributed by atoms with Crippen LogP contribution in [0.2, 0.25) is 5.02 Å². The van der Waals surface area contributed by atoms with Gasteiger partial charge in [-0.15, -0.1) is 21.5 Å². The number of hydrogen-bond acceptors (Lipinski definition) is 7. The van der Waals surface area contributed by atoms with Gasteiger partial charge in [0.1, 0.15) is 10.8 Å². The number of carbonyl (C=O) groups is 1. The molecule has 1 aliphatic carbocycles. The van der Waals surface area contributed by atoms with E-state index in [9.17, 15) is 4.79 Å². The maximum Gasteiger partial charge on any atom is 0.212 e. The summed E-state index contributed by atoms with van der Waals surface area (Å²) in [7, 11) is 1.56. The summed E-state index contributed by atoms with van der Waals surface area (Å²) in [6, 6.07) is 11.9. The zero-order valence-electron chi connectivity index (χ0n) is 21.0. The van der Waals surface area contributed by atoms with Crippen molar-refractivity contribution in [2.75, 3.05) is 7.11 Å². The number of fused-ring (bicyclic) bond motifs is 5. The Kier molecular flexibility index (Phi) is 7.55. The van der Waals surface area contributed by atoms with Gasteiger partial charge in [-0.2, -0.15) is 0 Å². The fraction of sp³-hybridized carbons (Fsp3) is 0.333.